The second kappa shape index (κ2) is 6.00. The van der Waals surface area contributed by atoms with Gasteiger partial charge < -0.3 is 5.32 Å². The van der Waals surface area contributed by atoms with Crippen molar-refractivity contribution in [1.82, 2.24) is 0 Å². The predicted octanol–water partition coefficient (Wildman–Crippen LogP) is 4.80. The Morgan fingerprint density at radius 1 is 1.30 bits per heavy atom. The van der Waals surface area contributed by atoms with Crippen molar-refractivity contribution in [3.63, 3.8) is 0 Å². The molecule has 0 aromatic heterocycles. The van der Waals surface area contributed by atoms with Gasteiger partial charge in [0.2, 0.25) is 0 Å². The highest BCUT2D eigenvalue weighted by Crippen LogP contribution is 2.27. The number of hydrogen-bond acceptors (Lipinski definition) is 3. The molecule has 0 saturated heterocycles. The molecule has 104 valence electrons. The van der Waals surface area contributed by atoms with Gasteiger partial charge in [-0.15, -0.1) is 0 Å². The number of non-ortho nitro benzene ring substituents is 1. The second-order valence-electron chi connectivity index (χ2n) is 4.24. The van der Waals surface area contributed by atoms with Gasteiger partial charge in [-0.05, 0) is 36.2 Å². The first kappa shape index (κ1) is 14.5. The summed E-state index contributed by atoms with van der Waals surface area (Å²) in [4.78, 5) is 10.1. The predicted molar refractivity (Wildman–Crippen MR) is 79.9 cm³/mol. The van der Waals surface area contributed by atoms with Gasteiger partial charge in [0.05, 0.1) is 11.0 Å². The Morgan fingerprint density at radius 3 is 2.70 bits per heavy atom. The number of nitro groups is 1. The SMILES string of the molecule is CCc1cc(Br)ccc1Nc1cc(F)cc([N+](=O)[O-])c1. The van der Waals surface area contributed by atoms with Crippen molar-refractivity contribution in [3.05, 3.63) is 62.4 Å². The van der Waals surface area contributed by atoms with Crippen LogP contribution in [0.2, 0.25) is 0 Å². The third kappa shape index (κ3) is 3.33. The third-order valence-corrected chi connectivity index (χ3v) is 3.31. The van der Waals surface area contributed by atoms with Gasteiger partial charge in [-0.2, -0.15) is 0 Å². The summed E-state index contributed by atoms with van der Waals surface area (Å²) >= 11 is 3.39. The smallest absolute Gasteiger partial charge is 0.274 e. The van der Waals surface area contributed by atoms with E-state index >= 15 is 0 Å². The topological polar surface area (TPSA) is 55.2 Å². The lowest BCUT2D eigenvalue weighted by molar-refractivity contribution is -0.385. The van der Waals surface area contributed by atoms with E-state index in [1.165, 1.54) is 12.1 Å². The number of halogens is 2. The Bertz CT molecular complexity index is 662. The van der Waals surface area contributed by atoms with E-state index in [-0.39, 0.29) is 5.69 Å². The molecule has 2 aromatic rings. The van der Waals surface area contributed by atoms with Crippen LogP contribution in [0.15, 0.2) is 40.9 Å². The molecule has 0 amide bonds. The molecule has 0 unspecified atom stereocenters. The van der Waals surface area contributed by atoms with E-state index in [4.69, 9.17) is 0 Å². The molecule has 0 aliphatic heterocycles. The first-order valence-electron chi connectivity index (χ1n) is 6.00. The van der Waals surface area contributed by atoms with Crippen LogP contribution in [0.4, 0.5) is 21.5 Å². The van der Waals surface area contributed by atoms with Crippen molar-refractivity contribution in [2.45, 2.75) is 13.3 Å². The summed E-state index contributed by atoms with van der Waals surface area (Å²) in [6, 6.07) is 9.09. The molecular weight excluding hydrogens is 327 g/mol. The highest BCUT2D eigenvalue weighted by molar-refractivity contribution is 9.10. The van der Waals surface area contributed by atoms with Crippen molar-refractivity contribution in [2.75, 3.05) is 5.32 Å². The van der Waals surface area contributed by atoms with Crippen LogP contribution in [0.1, 0.15) is 12.5 Å². The number of nitrogens with one attached hydrogen (secondary N) is 1. The minimum absolute atomic E-state index is 0.275. The molecule has 0 radical (unpaired) electrons. The Morgan fingerprint density at radius 2 is 2.05 bits per heavy atom. The molecule has 0 aliphatic carbocycles. The van der Waals surface area contributed by atoms with Gasteiger partial charge in [-0.3, -0.25) is 10.1 Å². The molecule has 2 rings (SSSR count). The molecule has 0 atom stereocenters. The van der Waals surface area contributed by atoms with Gasteiger partial charge in [-0.25, -0.2) is 4.39 Å². The number of rotatable bonds is 4. The van der Waals surface area contributed by atoms with Crippen LogP contribution in [0.25, 0.3) is 0 Å². The van der Waals surface area contributed by atoms with E-state index in [0.29, 0.717) is 5.69 Å². The van der Waals surface area contributed by atoms with Gasteiger partial charge in [0.15, 0.2) is 0 Å². The Labute approximate surface area is 123 Å². The molecule has 1 N–H and O–H groups in total. The minimum Gasteiger partial charge on any atom is -0.355 e. The maximum atomic E-state index is 13.4. The zero-order chi connectivity index (χ0) is 14.7. The Hall–Kier alpha value is -1.95. The summed E-state index contributed by atoms with van der Waals surface area (Å²) < 4.78 is 14.3. The van der Waals surface area contributed by atoms with Crippen molar-refractivity contribution in [2.24, 2.45) is 0 Å². The van der Waals surface area contributed by atoms with Crippen molar-refractivity contribution in [3.8, 4) is 0 Å². The number of benzene rings is 2. The quantitative estimate of drug-likeness (QED) is 0.643. The summed E-state index contributed by atoms with van der Waals surface area (Å²) in [5.41, 5.74) is 1.92. The van der Waals surface area contributed by atoms with Gasteiger partial charge in [0.1, 0.15) is 5.82 Å². The number of nitrogens with zero attached hydrogens (tertiary/aromatic N) is 1. The van der Waals surface area contributed by atoms with Crippen LogP contribution in [0.3, 0.4) is 0 Å². The van der Waals surface area contributed by atoms with E-state index in [1.54, 1.807) is 0 Å². The van der Waals surface area contributed by atoms with Gasteiger partial charge >= 0.3 is 0 Å². The van der Waals surface area contributed by atoms with Crippen LogP contribution in [-0.4, -0.2) is 4.92 Å². The first-order valence-corrected chi connectivity index (χ1v) is 6.79. The fraction of sp³-hybridized carbons (Fsp3) is 0.143. The van der Waals surface area contributed by atoms with E-state index in [9.17, 15) is 14.5 Å². The average Bonchev–Trinajstić information content (AvgIpc) is 2.40. The lowest BCUT2D eigenvalue weighted by Crippen LogP contribution is -1.97. The lowest BCUT2D eigenvalue weighted by atomic mass is 10.1. The van der Waals surface area contributed by atoms with E-state index in [2.05, 4.69) is 21.2 Å². The molecule has 0 fully saturated rings. The third-order valence-electron chi connectivity index (χ3n) is 2.82. The molecule has 4 nitrogen and oxygen atoms in total. The zero-order valence-electron chi connectivity index (χ0n) is 10.7. The van der Waals surface area contributed by atoms with Crippen LogP contribution < -0.4 is 5.32 Å². The van der Waals surface area contributed by atoms with Crippen molar-refractivity contribution in [1.29, 1.82) is 0 Å². The Balaban J connectivity index is 2.37. The van der Waals surface area contributed by atoms with Crippen LogP contribution in [0.5, 0.6) is 0 Å². The lowest BCUT2D eigenvalue weighted by Gasteiger charge is -2.11. The highest BCUT2D eigenvalue weighted by atomic mass is 79.9. The maximum absolute atomic E-state index is 13.4. The minimum atomic E-state index is -0.642. The van der Waals surface area contributed by atoms with E-state index in [0.717, 1.165) is 28.2 Å². The van der Waals surface area contributed by atoms with Crippen LogP contribution in [0, 0.1) is 15.9 Å². The summed E-state index contributed by atoms with van der Waals surface area (Å²) in [6.45, 7) is 2.00. The van der Waals surface area contributed by atoms with Gasteiger partial charge in [0.25, 0.3) is 5.69 Å². The zero-order valence-corrected chi connectivity index (χ0v) is 12.3. The normalized spacial score (nSPS) is 10.3. The summed E-state index contributed by atoms with van der Waals surface area (Å²) in [7, 11) is 0. The fourth-order valence-corrected chi connectivity index (χ4v) is 2.29. The highest BCUT2D eigenvalue weighted by Gasteiger charge is 2.11. The summed E-state index contributed by atoms with van der Waals surface area (Å²) in [6.07, 6.45) is 0.791. The molecule has 0 heterocycles. The molecule has 0 bridgehead atoms. The van der Waals surface area contributed by atoms with Crippen molar-refractivity contribution < 1.29 is 9.31 Å². The van der Waals surface area contributed by atoms with Gasteiger partial charge in [0, 0.05) is 21.9 Å². The summed E-state index contributed by atoms with van der Waals surface area (Å²) in [5, 5.41) is 13.8. The Kier molecular flexibility index (Phi) is 4.34. The molecule has 0 saturated carbocycles. The molecule has 0 aliphatic rings. The van der Waals surface area contributed by atoms with Gasteiger partial charge in [-0.1, -0.05) is 22.9 Å². The molecule has 6 heteroatoms. The number of nitro benzene ring substituents is 1. The standard InChI is InChI=1S/C14H12BrFN2O2/c1-2-9-5-10(15)3-4-14(9)17-12-6-11(16)7-13(8-12)18(19)20/h3-8,17H,2H2,1H3. The maximum Gasteiger partial charge on any atom is 0.274 e. The first-order chi connectivity index (χ1) is 9.49. The van der Waals surface area contributed by atoms with E-state index in [1.807, 2.05) is 25.1 Å². The number of anilines is 2. The number of hydrogen-bond donors (Lipinski definition) is 1. The van der Waals surface area contributed by atoms with Crippen LogP contribution >= 0.6 is 15.9 Å². The monoisotopic (exact) mass is 338 g/mol. The largest absolute Gasteiger partial charge is 0.355 e. The summed E-state index contributed by atoms with van der Waals surface area (Å²) in [5.74, 6) is -0.642. The molecule has 20 heavy (non-hydrogen) atoms. The molecule has 2 aromatic carbocycles. The number of aryl methyl sites for hydroxylation is 1. The molecule has 0 spiro atoms. The molecular formula is C14H12BrFN2O2. The average molecular weight is 339 g/mol. The van der Waals surface area contributed by atoms with Crippen molar-refractivity contribution >= 4 is 33.0 Å². The van der Waals surface area contributed by atoms with Crippen LogP contribution in [-0.2, 0) is 6.42 Å². The fourth-order valence-electron chi connectivity index (χ4n) is 1.88. The second-order valence-corrected chi connectivity index (χ2v) is 5.15. The van der Waals surface area contributed by atoms with E-state index < -0.39 is 10.7 Å².